The number of carbonyl (C=O) groups is 1. The average molecular weight is 405 g/mol. The quantitative estimate of drug-likeness (QED) is 0.589. The van der Waals surface area contributed by atoms with Crippen molar-refractivity contribution in [2.45, 2.75) is 18.3 Å². The maximum absolute atomic E-state index is 12.5. The third-order valence-corrected chi connectivity index (χ3v) is 5.55. The molecule has 0 unspecified atom stereocenters. The van der Waals surface area contributed by atoms with Gasteiger partial charge >= 0.3 is 0 Å². The van der Waals surface area contributed by atoms with Crippen molar-refractivity contribution in [1.29, 1.82) is 0 Å². The summed E-state index contributed by atoms with van der Waals surface area (Å²) in [5.41, 5.74) is 1.78. The van der Waals surface area contributed by atoms with Crippen molar-refractivity contribution < 1.29 is 9.53 Å². The number of carbonyl (C=O) groups excluding carboxylic acids is 1. The van der Waals surface area contributed by atoms with Crippen LogP contribution in [0.5, 0.6) is 5.88 Å². The van der Waals surface area contributed by atoms with Gasteiger partial charge in [-0.15, -0.1) is 21.5 Å². The van der Waals surface area contributed by atoms with E-state index in [1.165, 1.54) is 30.0 Å². The zero-order chi connectivity index (χ0) is 18.3. The van der Waals surface area contributed by atoms with Crippen molar-refractivity contribution in [2.24, 2.45) is 0 Å². The highest BCUT2D eigenvalue weighted by Gasteiger charge is 2.35. The van der Waals surface area contributed by atoms with Gasteiger partial charge in [0, 0.05) is 17.5 Å². The zero-order valence-electron chi connectivity index (χ0n) is 13.8. The Kier molecular flexibility index (Phi) is 4.56. The minimum Gasteiger partial charge on any atom is -0.446 e. The number of fused-ring (bicyclic) bond motifs is 3. The second-order valence-electron chi connectivity index (χ2n) is 5.49. The maximum atomic E-state index is 12.5. The molecule has 6 nitrogen and oxygen atoms in total. The van der Waals surface area contributed by atoms with E-state index in [1.807, 2.05) is 23.8 Å². The number of anilines is 1. The number of ether oxygens (including phenoxy) is 1. The van der Waals surface area contributed by atoms with Gasteiger partial charge in [0.2, 0.25) is 23.2 Å². The molecular weight excluding hydrogens is 392 g/mol. The summed E-state index contributed by atoms with van der Waals surface area (Å²) in [5.74, 6) is 0.174. The number of hydrogen-bond acceptors (Lipinski definition) is 7. The van der Waals surface area contributed by atoms with Crippen LogP contribution in [0.15, 0.2) is 40.9 Å². The highest BCUT2D eigenvalue weighted by atomic mass is 35.5. The minimum absolute atomic E-state index is 0.155. The third-order valence-electron chi connectivity index (χ3n) is 3.87. The second-order valence-corrected chi connectivity index (χ2v) is 7.68. The van der Waals surface area contributed by atoms with Gasteiger partial charge in [0.15, 0.2) is 5.69 Å². The molecule has 1 atom stereocenters. The van der Waals surface area contributed by atoms with Crippen LogP contribution >= 0.6 is 34.7 Å². The van der Waals surface area contributed by atoms with E-state index in [9.17, 15) is 4.79 Å². The highest BCUT2D eigenvalue weighted by Crippen LogP contribution is 2.44. The molecule has 1 aromatic carbocycles. The van der Waals surface area contributed by atoms with Gasteiger partial charge in [-0.05, 0) is 35.9 Å². The van der Waals surface area contributed by atoms with E-state index < -0.39 is 6.23 Å². The van der Waals surface area contributed by atoms with Crippen LogP contribution in [0.2, 0.25) is 5.02 Å². The first-order chi connectivity index (χ1) is 12.6. The van der Waals surface area contributed by atoms with Crippen LogP contribution in [0.1, 0.15) is 18.0 Å². The minimum atomic E-state index is -0.639. The number of aromatic nitrogens is 3. The Morgan fingerprint density at radius 2 is 2.19 bits per heavy atom. The molecule has 0 fully saturated rings. The molecule has 4 rings (SSSR count). The first-order valence-corrected chi connectivity index (χ1v) is 10.1. The Morgan fingerprint density at radius 3 is 2.88 bits per heavy atom. The van der Waals surface area contributed by atoms with Crippen molar-refractivity contribution in [2.75, 3.05) is 11.2 Å². The molecular formula is C17H13ClN4O2S2. The molecule has 9 heteroatoms. The predicted octanol–water partition coefficient (Wildman–Crippen LogP) is 4.42. The molecule has 1 amide bonds. The van der Waals surface area contributed by atoms with Gasteiger partial charge in [0.1, 0.15) is 0 Å². The van der Waals surface area contributed by atoms with E-state index in [0.29, 0.717) is 33.0 Å². The topological polar surface area (TPSA) is 68.2 Å². The first-order valence-electron chi connectivity index (χ1n) is 7.67. The monoisotopic (exact) mass is 404 g/mol. The molecule has 132 valence electrons. The van der Waals surface area contributed by atoms with E-state index in [2.05, 4.69) is 15.2 Å². The Labute approximate surface area is 163 Å². The maximum Gasteiger partial charge on any atom is 0.247 e. The lowest BCUT2D eigenvalue weighted by Gasteiger charge is -2.28. The van der Waals surface area contributed by atoms with E-state index in [4.69, 9.17) is 16.3 Å². The molecule has 2 aromatic heterocycles. The van der Waals surface area contributed by atoms with Crippen molar-refractivity contribution in [3.63, 3.8) is 0 Å². The molecule has 0 saturated carbocycles. The number of thiophene rings is 1. The molecule has 3 heterocycles. The van der Waals surface area contributed by atoms with E-state index in [0.717, 1.165) is 4.88 Å². The standard InChI is InChI=1S/C17H13ClN4O2S2/c1-9(23)22-12-6-5-10(18)8-11(12)14-15(19-17(25-2)21-20-14)24-16(22)13-4-3-7-26-13/h3-8,16H,1-2H3/t16-/m0/s1. The van der Waals surface area contributed by atoms with E-state index in [1.54, 1.807) is 23.1 Å². The summed E-state index contributed by atoms with van der Waals surface area (Å²) in [4.78, 5) is 19.5. The fraction of sp³-hybridized carbons (Fsp3) is 0.176. The van der Waals surface area contributed by atoms with Crippen molar-refractivity contribution >= 4 is 46.3 Å². The summed E-state index contributed by atoms with van der Waals surface area (Å²) >= 11 is 9.08. The number of halogens is 1. The number of thioether (sulfide) groups is 1. The normalized spacial score (nSPS) is 15.7. The smallest absolute Gasteiger partial charge is 0.247 e. The summed E-state index contributed by atoms with van der Waals surface area (Å²) in [6.45, 7) is 1.50. The van der Waals surface area contributed by atoms with E-state index >= 15 is 0 Å². The number of benzene rings is 1. The Bertz CT molecular complexity index is 981. The van der Waals surface area contributed by atoms with Crippen molar-refractivity contribution in [3.8, 4) is 17.1 Å². The van der Waals surface area contributed by atoms with Gasteiger partial charge in [0.05, 0.1) is 10.6 Å². The summed E-state index contributed by atoms with van der Waals surface area (Å²) in [6, 6.07) is 9.13. The fourth-order valence-electron chi connectivity index (χ4n) is 2.78. The lowest BCUT2D eigenvalue weighted by Crippen LogP contribution is -2.35. The van der Waals surface area contributed by atoms with Gasteiger partial charge in [-0.1, -0.05) is 29.4 Å². The molecule has 1 aliphatic rings. The molecule has 0 aliphatic carbocycles. The van der Waals surface area contributed by atoms with Crippen LogP contribution in [-0.4, -0.2) is 27.3 Å². The highest BCUT2D eigenvalue weighted by molar-refractivity contribution is 7.98. The third kappa shape index (κ3) is 2.94. The van der Waals surface area contributed by atoms with Crippen LogP contribution in [0.25, 0.3) is 11.3 Å². The van der Waals surface area contributed by atoms with Gasteiger partial charge in [-0.3, -0.25) is 9.69 Å². The number of rotatable bonds is 2. The molecule has 0 N–H and O–H groups in total. The lowest BCUT2D eigenvalue weighted by atomic mass is 10.1. The van der Waals surface area contributed by atoms with Crippen LogP contribution in [0, 0.1) is 0 Å². The van der Waals surface area contributed by atoms with E-state index in [-0.39, 0.29) is 5.91 Å². The predicted molar refractivity (Wildman–Crippen MR) is 103 cm³/mol. The Morgan fingerprint density at radius 1 is 1.35 bits per heavy atom. The molecule has 0 spiro atoms. The van der Waals surface area contributed by atoms with Crippen LogP contribution in [0.4, 0.5) is 5.69 Å². The Hall–Kier alpha value is -2.16. The molecule has 0 radical (unpaired) electrons. The summed E-state index contributed by atoms with van der Waals surface area (Å²) < 4.78 is 6.19. The number of amides is 1. The lowest BCUT2D eigenvalue weighted by molar-refractivity contribution is -0.118. The molecule has 0 saturated heterocycles. The fourth-order valence-corrected chi connectivity index (χ4v) is 3.99. The van der Waals surface area contributed by atoms with Gasteiger partial charge < -0.3 is 4.74 Å². The first kappa shape index (κ1) is 17.3. The van der Waals surface area contributed by atoms with Gasteiger partial charge in [-0.25, -0.2) is 0 Å². The summed E-state index contributed by atoms with van der Waals surface area (Å²) in [5, 5.41) is 11.4. The van der Waals surface area contributed by atoms with Gasteiger partial charge in [-0.2, -0.15) is 4.98 Å². The van der Waals surface area contributed by atoms with Gasteiger partial charge in [0.25, 0.3) is 0 Å². The largest absolute Gasteiger partial charge is 0.446 e. The van der Waals surface area contributed by atoms with Crippen LogP contribution in [0.3, 0.4) is 0 Å². The molecule has 26 heavy (non-hydrogen) atoms. The summed E-state index contributed by atoms with van der Waals surface area (Å²) in [6.07, 6.45) is 1.23. The molecule has 1 aliphatic heterocycles. The Balaban J connectivity index is 2.00. The number of nitrogens with zero attached hydrogens (tertiary/aromatic N) is 4. The van der Waals surface area contributed by atoms with Crippen molar-refractivity contribution in [3.05, 3.63) is 45.6 Å². The van der Waals surface area contributed by atoms with Crippen LogP contribution in [-0.2, 0) is 4.79 Å². The summed E-state index contributed by atoms with van der Waals surface area (Å²) in [7, 11) is 0. The van der Waals surface area contributed by atoms with Crippen molar-refractivity contribution in [1.82, 2.24) is 15.2 Å². The van der Waals surface area contributed by atoms with Crippen LogP contribution < -0.4 is 9.64 Å². The zero-order valence-corrected chi connectivity index (χ0v) is 16.2. The molecule has 3 aromatic rings. The average Bonchev–Trinajstić information content (AvgIpc) is 3.12. The second kappa shape index (κ2) is 6.86. The molecule has 0 bridgehead atoms. The number of hydrogen-bond donors (Lipinski definition) is 0. The SMILES string of the molecule is CSc1nnc2c(n1)O[C@@H](c1cccs1)N(C(C)=O)c1ccc(Cl)cc1-2.